The lowest BCUT2D eigenvalue weighted by Gasteiger charge is -2.47. The first-order chi connectivity index (χ1) is 10.3. The molecule has 3 heterocycles. The number of aromatic nitrogens is 2. The van der Waals surface area contributed by atoms with Gasteiger partial charge in [-0.1, -0.05) is 19.1 Å². The minimum Gasteiger partial charge on any atom is -0.310 e. The van der Waals surface area contributed by atoms with E-state index in [2.05, 4.69) is 45.3 Å². The molecular weight excluding hydrogens is 260 g/mol. The number of likely N-dealkylation sites (tertiary alicyclic amines) is 1. The van der Waals surface area contributed by atoms with Gasteiger partial charge in [0.1, 0.15) is 0 Å². The largest absolute Gasteiger partial charge is 0.310 e. The fourth-order valence-electron chi connectivity index (χ4n) is 2.94. The van der Waals surface area contributed by atoms with E-state index in [1.165, 1.54) is 5.69 Å². The predicted octanol–water partition coefficient (Wildman–Crippen LogP) is 1.84. The number of rotatable bonds is 6. The third-order valence-electron chi connectivity index (χ3n) is 4.07. The Kier molecular flexibility index (Phi) is 4.27. The van der Waals surface area contributed by atoms with Gasteiger partial charge in [0.15, 0.2) is 0 Å². The normalized spacial score (nSPS) is 17.4. The second-order valence-electron chi connectivity index (χ2n) is 5.98. The Morgan fingerprint density at radius 3 is 2.52 bits per heavy atom. The van der Waals surface area contributed by atoms with E-state index in [4.69, 9.17) is 0 Å². The molecule has 0 radical (unpaired) electrons. The lowest BCUT2D eigenvalue weighted by atomic mass is 9.78. The molecule has 0 spiro atoms. The zero-order valence-corrected chi connectivity index (χ0v) is 12.5. The van der Waals surface area contributed by atoms with E-state index in [-0.39, 0.29) is 5.41 Å². The lowest BCUT2D eigenvalue weighted by molar-refractivity contribution is 0.0761. The second-order valence-corrected chi connectivity index (χ2v) is 5.98. The molecule has 2 aromatic heterocycles. The highest BCUT2D eigenvalue weighted by Crippen LogP contribution is 2.32. The first-order valence-electron chi connectivity index (χ1n) is 7.51. The smallest absolute Gasteiger partial charge is 0.0541 e. The molecule has 0 bridgehead atoms. The van der Waals surface area contributed by atoms with Gasteiger partial charge in [-0.3, -0.25) is 9.97 Å². The molecule has 4 nitrogen and oxygen atoms in total. The van der Waals surface area contributed by atoms with Crippen LogP contribution in [0, 0.1) is 0 Å². The molecule has 1 aliphatic rings. The molecule has 1 aliphatic heterocycles. The Balaban J connectivity index is 1.38. The first kappa shape index (κ1) is 14.2. The molecule has 4 heteroatoms. The maximum Gasteiger partial charge on any atom is 0.0541 e. The standard InChI is InChI=1S/C17H22N4/c1-17(16-7-3-5-9-20-16)13-21(14-17)11-10-18-12-15-6-2-4-8-19-15/h2-9,18H,10-14H2,1H3. The van der Waals surface area contributed by atoms with E-state index in [0.29, 0.717) is 0 Å². The van der Waals surface area contributed by atoms with Crippen molar-refractivity contribution >= 4 is 0 Å². The summed E-state index contributed by atoms with van der Waals surface area (Å²) in [5.74, 6) is 0. The van der Waals surface area contributed by atoms with Gasteiger partial charge in [0.25, 0.3) is 0 Å². The van der Waals surface area contributed by atoms with Crippen LogP contribution in [0.5, 0.6) is 0 Å². The molecule has 0 aliphatic carbocycles. The average Bonchev–Trinajstić information content (AvgIpc) is 2.51. The van der Waals surface area contributed by atoms with Gasteiger partial charge in [0.2, 0.25) is 0 Å². The van der Waals surface area contributed by atoms with E-state index in [1.54, 1.807) is 0 Å². The van der Waals surface area contributed by atoms with Crippen LogP contribution in [0.15, 0.2) is 48.8 Å². The molecule has 0 unspecified atom stereocenters. The summed E-state index contributed by atoms with van der Waals surface area (Å²) in [6.45, 7) is 7.40. The van der Waals surface area contributed by atoms with Crippen LogP contribution >= 0.6 is 0 Å². The summed E-state index contributed by atoms with van der Waals surface area (Å²) in [6, 6.07) is 12.2. The Labute approximate surface area is 126 Å². The summed E-state index contributed by atoms with van der Waals surface area (Å²) in [5, 5.41) is 3.45. The molecule has 0 atom stereocenters. The number of hydrogen-bond donors (Lipinski definition) is 1. The monoisotopic (exact) mass is 282 g/mol. The minimum absolute atomic E-state index is 0.224. The predicted molar refractivity (Wildman–Crippen MR) is 84.0 cm³/mol. The molecule has 110 valence electrons. The summed E-state index contributed by atoms with van der Waals surface area (Å²) in [6.07, 6.45) is 3.72. The van der Waals surface area contributed by atoms with E-state index in [1.807, 2.05) is 30.6 Å². The van der Waals surface area contributed by atoms with E-state index in [0.717, 1.165) is 38.4 Å². The maximum atomic E-state index is 4.49. The van der Waals surface area contributed by atoms with Crippen LogP contribution < -0.4 is 5.32 Å². The van der Waals surface area contributed by atoms with Crippen LogP contribution in [0.4, 0.5) is 0 Å². The number of nitrogens with zero attached hydrogens (tertiary/aromatic N) is 3. The molecule has 21 heavy (non-hydrogen) atoms. The Morgan fingerprint density at radius 2 is 1.86 bits per heavy atom. The van der Waals surface area contributed by atoms with Gasteiger partial charge in [0.05, 0.1) is 5.69 Å². The Bertz CT molecular complexity index is 550. The van der Waals surface area contributed by atoms with Crippen molar-refractivity contribution in [1.29, 1.82) is 0 Å². The zero-order valence-electron chi connectivity index (χ0n) is 12.5. The maximum absolute atomic E-state index is 4.49. The third kappa shape index (κ3) is 3.46. The van der Waals surface area contributed by atoms with Gasteiger partial charge >= 0.3 is 0 Å². The van der Waals surface area contributed by atoms with E-state index >= 15 is 0 Å². The molecule has 0 saturated carbocycles. The van der Waals surface area contributed by atoms with Crippen molar-refractivity contribution < 1.29 is 0 Å². The summed E-state index contributed by atoms with van der Waals surface area (Å²) < 4.78 is 0. The highest BCUT2D eigenvalue weighted by atomic mass is 15.2. The van der Waals surface area contributed by atoms with Crippen molar-refractivity contribution in [2.45, 2.75) is 18.9 Å². The van der Waals surface area contributed by atoms with Gasteiger partial charge in [0, 0.05) is 56.2 Å². The Hall–Kier alpha value is -1.78. The lowest BCUT2D eigenvalue weighted by Crippen LogP contribution is -2.59. The summed E-state index contributed by atoms with van der Waals surface area (Å²) in [7, 11) is 0. The Morgan fingerprint density at radius 1 is 1.10 bits per heavy atom. The van der Waals surface area contributed by atoms with Crippen LogP contribution in [0.3, 0.4) is 0 Å². The molecule has 1 saturated heterocycles. The zero-order chi connectivity index (χ0) is 14.5. The molecule has 2 aromatic rings. The minimum atomic E-state index is 0.224. The van der Waals surface area contributed by atoms with Crippen molar-refractivity contribution in [3.63, 3.8) is 0 Å². The molecule has 1 N–H and O–H groups in total. The van der Waals surface area contributed by atoms with Gasteiger partial charge in [-0.15, -0.1) is 0 Å². The van der Waals surface area contributed by atoms with Gasteiger partial charge in [-0.05, 0) is 24.3 Å². The van der Waals surface area contributed by atoms with Crippen molar-refractivity contribution in [2.75, 3.05) is 26.2 Å². The van der Waals surface area contributed by atoms with Crippen LogP contribution in [-0.2, 0) is 12.0 Å². The molecule has 1 fully saturated rings. The first-order valence-corrected chi connectivity index (χ1v) is 7.51. The summed E-state index contributed by atoms with van der Waals surface area (Å²) >= 11 is 0. The van der Waals surface area contributed by atoms with Crippen LogP contribution in [0.25, 0.3) is 0 Å². The quantitative estimate of drug-likeness (QED) is 0.821. The molecule has 0 aromatic carbocycles. The van der Waals surface area contributed by atoms with Gasteiger partial charge in [-0.2, -0.15) is 0 Å². The topological polar surface area (TPSA) is 41.1 Å². The average molecular weight is 282 g/mol. The van der Waals surface area contributed by atoms with Crippen molar-refractivity contribution in [1.82, 2.24) is 20.2 Å². The summed E-state index contributed by atoms with van der Waals surface area (Å²) in [4.78, 5) is 11.3. The third-order valence-corrected chi connectivity index (χ3v) is 4.07. The van der Waals surface area contributed by atoms with Crippen LogP contribution in [0.2, 0.25) is 0 Å². The highest BCUT2D eigenvalue weighted by molar-refractivity contribution is 5.21. The summed E-state index contributed by atoms with van der Waals surface area (Å²) in [5.41, 5.74) is 2.53. The van der Waals surface area contributed by atoms with Crippen molar-refractivity contribution in [3.05, 3.63) is 60.2 Å². The number of nitrogens with one attached hydrogen (secondary N) is 1. The van der Waals surface area contributed by atoms with Crippen molar-refractivity contribution in [3.8, 4) is 0 Å². The highest BCUT2D eigenvalue weighted by Gasteiger charge is 2.40. The van der Waals surface area contributed by atoms with E-state index in [9.17, 15) is 0 Å². The second kappa shape index (κ2) is 6.33. The fraction of sp³-hybridized carbons (Fsp3) is 0.412. The fourth-order valence-corrected chi connectivity index (χ4v) is 2.94. The molecule has 0 amide bonds. The van der Waals surface area contributed by atoms with Crippen LogP contribution in [0.1, 0.15) is 18.3 Å². The van der Waals surface area contributed by atoms with Crippen molar-refractivity contribution in [2.24, 2.45) is 0 Å². The SMILES string of the molecule is CC1(c2ccccn2)CN(CCNCc2ccccn2)C1. The molecule has 3 rings (SSSR count). The number of pyridine rings is 2. The van der Waals surface area contributed by atoms with E-state index < -0.39 is 0 Å². The van der Waals surface area contributed by atoms with Gasteiger partial charge in [-0.25, -0.2) is 0 Å². The van der Waals surface area contributed by atoms with Gasteiger partial charge < -0.3 is 10.2 Å². The molecular formula is C17H22N4. The number of hydrogen-bond acceptors (Lipinski definition) is 4. The van der Waals surface area contributed by atoms with Crippen LogP contribution in [-0.4, -0.2) is 41.0 Å².